The van der Waals surface area contributed by atoms with E-state index in [4.69, 9.17) is 0 Å². The summed E-state index contributed by atoms with van der Waals surface area (Å²) in [5, 5.41) is 0. The van der Waals surface area contributed by atoms with Gasteiger partial charge in [0.2, 0.25) is 0 Å². The zero-order chi connectivity index (χ0) is 19.8. The molecule has 4 aromatic carbocycles. The molecule has 2 heteroatoms. The summed E-state index contributed by atoms with van der Waals surface area (Å²) in [5.74, 6) is 0. The Kier molecular flexibility index (Phi) is 8.01. The summed E-state index contributed by atoms with van der Waals surface area (Å²) in [7, 11) is 0. The van der Waals surface area contributed by atoms with Crippen molar-refractivity contribution in [1.82, 2.24) is 0 Å². The standard InChI is InChI=1S/C28H28N.BrH/c1-5-13-25(14-6-1)21-29(22-26-15-7-2-8-16-26,23-27-17-9-3-10-18-27)24-28-19-11-4-12-20-28;/h1-20H,21-24H2;1H/q+1;/p-1. The predicted molar refractivity (Wildman–Crippen MR) is 121 cm³/mol. The molecule has 0 atom stereocenters. The number of benzene rings is 4. The number of hydrogen-bond donors (Lipinski definition) is 0. The Morgan fingerprint density at radius 3 is 0.733 bits per heavy atom. The molecular formula is C28H28BrN. The highest BCUT2D eigenvalue weighted by Gasteiger charge is 2.29. The smallest absolute Gasteiger partial charge is 0.105 e. The maximum atomic E-state index is 2.26. The van der Waals surface area contributed by atoms with Crippen LogP contribution in [0.4, 0.5) is 0 Å². The summed E-state index contributed by atoms with van der Waals surface area (Å²) >= 11 is 0. The van der Waals surface area contributed by atoms with Crippen LogP contribution in [0.15, 0.2) is 121 Å². The minimum Gasteiger partial charge on any atom is -1.00 e. The van der Waals surface area contributed by atoms with E-state index in [1.807, 2.05) is 0 Å². The average Bonchev–Trinajstić information content (AvgIpc) is 2.76. The first-order chi connectivity index (χ1) is 14.3. The molecule has 4 rings (SSSR count). The topological polar surface area (TPSA) is 0 Å². The van der Waals surface area contributed by atoms with Gasteiger partial charge >= 0.3 is 0 Å². The molecule has 0 aliphatic carbocycles. The summed E-state index contributed by atoms with van der Waals surface area (Å²) in [4.78, 5) is 0. The van der Waals surface area contributed by atoms with Crippen molar-refractivity contribution in [2.24, 2.45) is 0 Å². The van der Waals surface area contributed by atoms with Gasteiger partial charge in [-0.1, -0.05) is 121 Å². The SMILES string of the molecule is [Br-].c1ccc(C[N+](Cc2ccccc2)(Cc2ccccc2)Cc2ccccc2)cc1. The summed E-state index contributed by atoms with van der Waals surface area (Å²) in [6, 6.07) is 43.7. The number of rotatable bonds is 8. The normalized spacial score (nSPS) is 10.9. The molecule has 0 heterocycles. The van der Waals surface area contributed by atoms with Crippen molar-refractivity contribution in [3.8, 4) is 0 Å². The first-order valence-electron chi connectivity index (χ1n) is 10.3. The van der Waals surface area contributed by atoms with Gasteiger partial charge in [0.1, 0.15) is 26.2 Å². The Hall–Kier alpha value is -2.68. The average molecular weight is 458 g/mol. The molecule has 0 bridgehead atoms. The Labute approximate surface area is 191 Å². The van der Waals surface area contributed by atoms with E-state index in [1.165, 1.54) is 22.3 Å². The highest BCUT2D eigenvalue weighted by Crippen LogP contribution is 2.27. The van der Waals surface area contributed by atoms with Gasteiger partial charge in [0.05, 0.1) is 0 Å². The number of hydrogen-bond acceptors (Lipinski definition) is 0. The van der Waals surface area contributed by atoms with E-state index < -0.39 is 0 Å². The van der Waals surface area contributed by atoms with E-state index in [2.05, 4.69) is 121 Å². The highest BCUT2D eigenvalue weighted by molar-refractivity contribution is 5.19. The van der Waals surface area contributed by atoms with Crippen molar-refractivity contribution in [3.63, 3.8) is 0 Å². The Bertz CT molecular complexity index is 814. The zero-order valence-corrected chi connectivity index (χ0v) is 18.8. The van der Waals surface area contributed by atoms with E-state index in [0.29, 0.717) is 0 Å². The Morgan fingerprint density at radius 1 is 0.333 bits per heavy atom. The van der Waals surface area contributed by atoms with E-state index in [-0.39, 0.29) is 17.0 Å². The predicted octanol–water partition coefficient (Wildman–Crippen LogP) is 3.61. The second kappa shape index (κ2) is 10.9. The lowest BCUT2D eigenvalue weighted by Crippen LogP contribution is -3.00. The van der Waals surface area contributed by atoms with Crippen LogP contribution in [0.5, 0.6) is 0 Å². The molecule has 4 aromatic rings. The Morgan fingerprint density at radius 2 is 0.533 bits per heavy atom. The van der Waals surface area contributed by atoms with Crippen molar-refractivity contribution in [2.75, 3.05) is 0 Å². The number of halogens is 1. The maximum absolute atomic E-state index is 2.26. The molecule has 0 saturated carbocycles. The molecular weight excluding hydrogens is 430 g/mol. The monoisotopic (exact) mass is 457 g/mol. The molecule has 0 unspecified atom stereocenters. The van der Waals surface area contributed by atoms with Gasteiger partial charge in [-0.25, -0.2) is 0 Å². The molecule has 0 radical (unpaired) electrons. The van der Waals surface area contributed by atoms with Crippen LogP contribution in [0.25, 0.3) is 0 Å². The summed E-state index contributed by atoms with van der Waals surface area (Å²) in [6.45, 7) is 4.00. The quantitative estimate of drug-likeness (QED) is 0.354. The number of quaternary nitrogens is 1. The molecule has 0 N–H and O–H groups in total. The van der Waals surface area contributed by atoms with Gasteiger partial charge in [0, 0.05) is 22.3 Å². The first-order valence-corrected chi connectivity index (χ1v) is 10.3. The minimum atomic E-state index is 0. The molecule has 0 spiro atoms. The van der Waals surface area contributed by atoms with Gasteiger partial charge in [-0.05, 0) is 0 Å². The lowest BCUT2D eigenvalue weighted by Gasteiger charge is -2.39. The van der Waals surface area contributed by atoms with Gasteiger partial charge in [0.25, 0.3) is 0 Å². The van der Waals surface area contributed by atoms with Crippen LogP contribution >= 0.6 is 0 Å². The van der Waals surface area contributed by atoms with Gasteiger partial charge in [-0.15, -0.1) is 0 Å². The van der Waals surface area contributed by atoms with Gasteiger partial charge in [0.15, 0.2) is 0 Å². The third kappa shape index (κ3) is 6.16. The fourth-order valence-corrected chi connectivity index (χ4v) is 4.22. The van der Waals surface area contributed by atoms with Gasteiger partial charge in [-0.2, -0.15) is 0 Å². The van der Waals surface area contributed by atoms with Crippen molar-refractivity contribution >= 4 is 0 Å². The van der Waals surface area contributed by atoms with Crippen LogP contribution in [0, 0.1) is 0 Å². The fraction of sp³-hybridized carbons (Fsp3) is 0.143. The molecule has 30 heavy (non-hydrogen) atoms. The molecule has 1 nitrogen and oxygen atoms in total. The highest BCUT2D eigenvalue weighted by atomic mass is 79.9. The second-order valence-corrected chi connectivity index (χ2v) is 7.92. The fourth-order valence-electron chi connectivity index (χ4n) is 4.22. The molecule has 0 fully saturated rings. The summed E-state index contributed by atoms with van der Waals surface area (Å²) < 4.78 is 0.960. The van der Waals surface area contributed by atoms with Crippen molar-refractivity contribution in [3.05, 3.63) is 144 Å². The van der Waals surface area contributed by atoms with Crippen LogP contribution < -0.4 is 17.0 Å². The molecule has 0 saturated heterocycles. The van der Waals surface area contributed by atoms with Crippen molar-refractivity contribution in [2.45, 2.75) is 26.2 Å². The van der Waals surface area contributed by atoms with Crippen molar-refractivity contribution in [1.29, 1.82) is 0 Å². The largest absolute Gasteiger partial charge is 1.00 e. The van der Waals surface area contributed by atoms with E-state index in [1.54, 1.807) is 0 Å². The lowest BCUT2D eigenvalue weighted by molar-refractivity contribution is -0.978. The Balaban J connectivity index is 0.00000256. The third-order valence-corrected chi connectivity index (χ3v) is 5.44. The molecule has 152 valence electrons. The van der Waals surface area contributed by atoms with Crippen LogP contribution in [0.3, 0.4) is 0 Å². The van der Waals surface area contributed by atoms with Gasteiger partial charge < -0.3 is 21.5 Å². The van der Waals surface area contributed by atoms with Crippen LogP contribution in [0.1, 0.15) is 22.3 Å². The van der Waals surface area contributed by atoms with Crippen molar-refractivity contribution < 1.29 is 21.5 Å². The van der Waals surface area contributed by atoms with E-state index in [9.17, 15) is 0 Å². The zero-order valence-electron chi connectivity index (χ0n) is 17.2. The van der Waals surface area contributed by atoms with Crippen LogP contribution in [-0.4, -0.2) is 4.48 Å². The molecule has 0 aliphatic rings. The second-order valence-electron chi connectivity index (χ2n) is 7.92. The summed E-state index contributed by atoms with van der Waals surface area (Å²) in [5.41, 5.74) is 5.54. The van der Waals surface area contributed by atoms with Gasteiger partial charge in [-0.3, -0.25) is 0 Å². The van der Waals surface area contributed by atoms with E-state index >= 15 is 0 Å². The number of nitrogens with zero attached hydrogens (tertiary/aromatic N) is 1. The van der Waals surface area contributed by atoms with Crippen LogP contribution in [-0.2, 0) is 26.2 Å². The maximum Gasteiger partial charge on any atom is 0.105 e. The van der Waals surface area contributed by atoms with E-state index in [0.717, 1.165) is 30.7 Å². The molecule has 0 aliphatic heterocycles. The lowest BCUT2D eigenvalue weighted by atomic mass is 10.0. The molecule has 0 aromatic heterocycles. The summed E-state index contributed by atoms with van der Waals surface area (Å²) in [6.07, 6.45) is 0. The van der Waals surface area contributed by atoms with Crippen LogP contribution in [0.2, 0.25) is 0 Å². The first kappa shape index (κ1) is 22.0. The molecule has 0 amide bonds. The minimum absolute atomic E-state index is 0. The third-order valence-electron chi connectivity index (χ3n) is 5.44.